The Hall–Kier alpha value is -1.25. The summed E-state index contributed by atoms with van der Waals surface area (Å²) in [6, 6.07) is 0. The molecule has 0 saturated heterocycles. The van der Waals surface area contributed by atoms with Crippen molar-refractivity contribution in [3.05, 3.63) is 24.1 Å². The molecule has 0 aliphatic heterocycles. The van der Waals surface area contributed by atoms with Gasteiger partial charge >= 0.3 is 0 Å². The molecule has 0 aliphatic carbocycles. The lowest BCUT2D eigenvalue weighted by Crippen LogP contribution is -2.17. The molecule has 0 spiro atoms. The molecule has 0 radical (unpaired) electrons. The van der Waals surface area contributed by atoms with Crippen LogP contribution in [0.5, 0.6) is 0 Å². The van der Waals surface area contributed by atoms with Gasteiger partial charge in [-0.05, 0) is 13.8 Å². The second kappa shape index (κ2) is 3.71. The summed E-state index contributed by atoms with van der Waals surface area (Å²) < 4.78 is 0. The normalized spacial score (nSPS) is 10.8. The van der Waals surface area contributed by atoms with Gasteiger partial charge in [0.2, 0.25) is 5.91 Å². The molecule has 0 fully saturated rings. The van der Waals surface area contributed by atoms with Crippen LogP contribution in [0.4, 0.5) is 0 Å². The monoisotopic (exact) mass is 141 g/mol. The molecule has 3 nitrogen and oxygen atoms in total. The van der Waals surface area contributed by atoms with E-state index in [1.807, 2.05) is 0 Å². The fourth-order valence-corrected chi connectivity index (χ4v) is 0.293. The molecule has 0 aromatic heterocycles. The van der Waals surface area contributed by atoms with Gasteiger partial charge in [-0.1, -0.05) is 6.58 Å². The van der Waals surface area contributed by atoms with Gasteiger partial charge in [0.15, 0.2) is 0 Å². The van der Waals surface area contributed by atoms with Crippen LogP contribution < -0.4 is 5.32 Å². The molecule has 3 heteroatoms. The van der Waals surface area contributed by atoms with E-state index in [0.717, 1.165) is 0 Å². The Kier molecular flexibility index (Phi) is 3.25. The average Bonchev–Trinajstić information content (AvgIpc) is 1.82. The summed E-state index contributed by atoms with van der Waals surface area (Å²) in [6.45, 7) is 6.47. The molecule has 0 saturated carbocycles. The minimum atomic E-state index is -0.284. The van der Waals surface area contributed by atoms with Crippen molar-refractivity contribution < 1.29 is 9.90 Å². The van der Waals surface area contributed by atoms with E-state index in [9.17, 15) is 4.79 Å². The van der Waals surface area contributed by atoms with Crippen LogP contribution in [0.25, 0.3) is 0 Å². The van der Waals surface area contributed by atoms with Gasteiger partial charge in [-0.15, -0.1) is 0 Å². The molecule has 1 amide bonds. The highest BCUT2D eigenvalue weighted by Gasteiger charge is 1.96. The van der Waals surface area contributed by atoms with Crippen molar-refractivity contribution in [1.29, 1.82) is 0 Å². The maximum Gasteiger partial charge on any atom is 0.250 e. The quantitative estimate of drug-likeness (QED) is 0.447. The fourth-order valence-electron chi connectivity index (χ4n) is 0.293. The molecule has 0 aliphatic rings. The number of allylic oxidation sites excluding steroid dienone is 1. The number of rotatable bonds is 2. The number of aliphatic hydroxyl groups is 1. The lowest BCUT2D eigenvalue weighted by Gasteiger charge is -1.96. The van der Waals surface area contributed by atoms with E-state index >= 15 is 0 Å². The maximum atomic E-state index is 10.7. The van der Waals surface area contributed by atoms with Gasteiger partial charge in [-0.3, -0.25) is 4.79 Å². The van der Waals surface area contributed by atoms with Gasteiger partial charge in [0.25, 0.3) is 0 Å². The highest BCUT2D eigenvalue weighted by molar-refractivity contribution is 5.92. The second-order valence-corrected chi connectivity index (χ2v) is 2.04. The zero-order chi connectivity index (χ0) is 8.15. The third-order valence-electron chi connectivity index (χ3n) is 0.800. The standard InChI is InChI=1S/C7H11NO2/c1-5(2)7(10)8-4-6(3)9/h4,9H,1H2,2-3H3,(H,8,10)/b6-4-. The fraction of sp³-hybridized carbons (Fsp3) is 0.286. The van der Waals surface area contributed by atoms with Crippen molar-refractivity contribution in [2.45, 2.75) is 13.8 Å². The largest absolute Gasteiger partial charge is 0.511 e. The van der Waals surface area contributed by atoms with Crippen LogP contribution in [-0.4, -0.2) is 11.0 Å². The Labute approximate surface area is 60.1 Å². The molecule has 0 unspecified atom stereocenters. The second-order valence-electron chi connectivity index (χ2n) is 2.04. The summed E-state index contributed by atoms with van der Waals surface area (Å²) in [4.78, 5) is 10.7. The molecule has 56 valence electrons. The zero-order valence-electron chi connectivity index (χ0n) is 6.14. The molecule has 0 aromatic carbocycles. The van der Waals surface area contributed by atoms with Crippen LogP contribution in [0.3, 0.4) is 0 Å². The van der Waals surface area contributed by atoms with Gasteiger partial charge < -0.3 is 10.4 Å². The summed E-state index contributed by atoms with van der Waals surface area (Å²) in [5, 5.41) is 10.9. The molecular weight excluding hydrogens is 130 g/mol. The van der Waals surface area contributed by atoms with Crippen molar-refractivity contribution in [3.63, 3.8) is 0 Å². The van der Waals surface area contributed by atoms with Gasteiger partial charge in [0.05, 0.1) is 0 Å². The van der Waals surface area contributed by atoms with E-state index < -0.39 is 0 Å². The van der Waals surface area contributed by atoms with Crippen LogP contribution >= 0.6 is 0 Å². The summed E-state index contributed by atoms with van der Waals surface area (Å²) >= 11 is 0. The van der Waals surface area contributed by atoms with Crippen molar-refractivity contribution in [3.8, 4) is 0 Å². The van der Waals surface area contributed by atoms with Crippen LogP contribution in [0.2, 0.25) is 0 Å². The Morgan fingerprint density at radius 2 is 2.10 bits per heavy atom. The summed E-state index contributed by atoms with van der Waals surface area (Å²) in [6.07, 6.45) is 1.22. The van der Waals surface area contributed by atoms with Crippen LogP contribution in [0.1, 0.15) is 13.8 Å². The lowest BCUT2D eigenvalue weighted by atomic mass is 10.3. The maximum absolute atomic E-state index is 10.7. The van der Waals surface area contributed by atoms with Crippen LogP contribution in [-0.2, 0) is 4.79 Å². The van der Waals surface area contributed by atoms with Crippen molar-refractivity contribution >= 4 is 5.91 Å². The van der Waals surface area contributed by atoms with E-state index in [1.54, 1.807) is 6.92 Å². The van der Waals surface area contributed by atoms with Gasteiger partial charge in [-0.2, -0.15) is 0 Å². The van der Waals surface area contributed by atoms with E-state index in [-0.39, 0.29) is 11.7 Å². The molecule has 0 atom stereocenters. The first kappa shape index (κ1) is 8.75. The summed E-state index contributed by atoms with van der Waals surface area (Å²) in [5.41, 5.74) is 0.414. The molecule has 10 heavy (non-hydrogen) atoms. The number of carbonyl (C=O) groups is 1. The topological polar surface area (TPSA) is 49.3 Å². The smallest absolute Gasteiger partial charge is 0.250 e. The number of carbonyl (C=O) groups excluding carboxylic acids is 1. The predicted octanol–water partition coefficient (Wildman–Crippen LogP) is 1.10. The summed E-state index contributed by atoms with van der Waals surface area (Å²) in [7, 11) is 0. The van der Waals surface area contributed by atoms with Crippen molar-refractivity contribution in [2.75, 3.05) is 0 Å². The zero-order valence-corrected chi connectivity index (χ0v) is 6.14. The molecular formula is C7H11NO2. The Morgan fingerprint density at radius 1 is 1.60 bits per heavy atom. The first-order valence-electron chi connectivity index (χ1n) is 2.86. The third-order valence-corrected chi connectivity index (χ3v) is 0.800. The minimum Gasteiger partial charge on any atom is -0.511 e. The number of hydrogen-bond donors (Lipinski definition) is 2. The third kappa shape index (κ3) is 3.72. The number of nitrogens with one attached hydrogen (secondary N) is 1. The average molecular weight is 141 g/mol. The predicted molar refractivity (Wildman–Crippen MR) is 39.3 cm³/mol. The van der Waals surface area contributed by atoms with Gasteiger partial charge in [0.1, 0.15) is 5.76 Å². The number of aliphatic hydroxyl groups excluding tert-OH is 1. The molecule has 0 aromatic rings. The van der Waals surface area contributed by atoms with E-state index in [2.05, 4.69) is 11.9 Å². The van der Waals surface area contributed by atoms with Gasteiger partial charge in [0, 0.05) is 11.8 Å². The first-order chi connectivity index (χ1) is 4.54. The lowest BCUT2D eigenvalue weighted by molar-refractivity contribution is -0.116. The van der Waals surface area contributed by atoms with Crippen molar-refractivity contribution in [2.24, 2.45) is 0 Å². The van der Waals surface area contributed by atoms with Gasteiger partial charge in [-0.25, -0.2) is 0 Å². The molecule has 2 N–H and O–H groups in total. The minimum absolute atomic E-state index is 0.0644. The van der Waals surface area contributed by atoms with Crippen LogP contribution in [0.15, 0.2) is 24.1 Å². The summed E-state index contributed by atoms with van der Waals surface area (Å²) in [5.74, 6) is -0.219. The van der Waals surface area contributed by atoms with Crippen molar-refractivity contribution in [1.82, 2.24) is 5.32 Å². The first-order valence-corrected chi connectivity index (χ1v) is 2.86. The molecule has 0 heterocycles. The number of hydrogen-bond acceptors (Lipinski definition) is 2. The molecule has 0 rings (SSSR count). The highest BCUT2D eigenvalue weighted by atomic mass is 16.3. The van der Waals surface area contributed by atoms with E-state index in [0.29, 0.717) is 5.57 Å². The van der Waals surface area contributed by atoms with Crippen LogP contribution in [0, 0.1) is 0 Å². The SMILES string of the molecule is C=C(C)C(=O)N/C=C(/C)O. The van der Waals surface area contributed by atoms with E-state index in [1.165, 1.54) is 13.1 Å². The Bertz CT molecular complexity index is 178. The Morgan fingerprint density at radius 3 is 2.40 bits per heavy atom. The molecule has 0 bridgehead atoms. The Balaban J connectivity index is 3.83. The van der Waals surface area contributed by atoms with E-state index in [4.69, 9.17) is 5.11 Å². The highest BCUT2D eigenvalue weighted by Crippen LogP contribution is 1.86. The number of amides is 1.